The molecule has 8 nitrogen and oxygen atoms in total. The van der Waals surface area contributed by atoms with E-state index in [0.717, 1.165) is 0 Å². The number of ether oxygens (including phenoxy) is 4. The van der Waals surface area contributed by atoms with E-state index in [1.807, 2.05) is 18.2 Å². The second kappa shape index (κ2) is 9.97. The molecule has 1 aliphatic rings. The number of fused-ring (bicyclic) bond motifs is 1. The molecule has 1 aliphatic heterocycles. The minimum Gasteiger partial charge on any atom is -0.493 e. The van der Waals surface area contributed by atoms with Gasteiger partial charge in [-0.3, -0.25) is 9.36 Å². The molecular weight excluding hydrogens is 492 g/mol. The monoisotopic (exact) mass is 514 g/mol. The SMILES string of the molecule is COC(=O)C1=C(C)N=c2sc(=Cc3ccccc3Cl)c(=O)n2C1c1cc(OC)c(OC)c(OC)c1. The Bertz CT molecular complexity index is 1500. The van der Waals surface area contributed by atoms with Gasteiger partial charge in [0.25, 0.3) is 5.56 Å². The molecule has 1 aromatic heterocycles. The molecule has 0 N–H and O–H groups in total. The first-order valence-electron chi connectivity index (χ1n) is 10.5. The molecule has 10 heteroatoms. The van der Waals surface area contributed by atoms with E-state index >= 15 is 0 Å². The van der Waals surface area contributed by atoms with Gasteiger partial charge in [-0.1, -0.05) is 41.1 Å². The molecule has 1 unspecified atom stereocenters. The number of methoxy groups -OCH3 is 4. The standard InChI is InChI=1S/C25H23ClN2O6S/c1-13-20(24(30)34-5)21(15-10-17(31-2)22(33-4)18(11-15)32-3)28-23(29)19(35-25(28)27-13)12-14-8-6-7-9-16(14)26/h6-12,21H,1-5H3. The minimum absolute atomic E-state index is 0.235. The zero-order valence-electron chi connectivity index (χ0n) is 19.7. The summed E-state index contributed by atoms with van der Waals surface area (Å²) in [5.74, 6) is 0.577. The predicted octanol–water partition coefficient (Wildman–Crippen LogP) is 3.09. The average molecular weight is 515 g/mol. The average Bonchev–Trinajstić information content (AvgIpc) is 3.17. The van der Waals surface area contributed by atoms with E-state index in [-0.39, 0.29) is 11.1 Å². The number of esters is 1. The van der Waals surface area contributed by atoms with Crippen molar-refractivity contribution < 1.29 is 23.7 Å². The molecule has 0 spiro atoms. The van der Waals surface area contributed by atoms with E-state index in [0.29, 0.717) is 48.4 Å². The van der Waals surface area contributed by atoms with Crippen molar-refractivity contribution in [1.29, 1.82) is 0 Å². The van der Waals surface area contributed by atoms with Gasteiger partial charge in [-0.2, -0.15) is 0 Å². The van der Waals surface area contributed by atoms with Gasteiger partial charge < -0.3 is 18.9 Å². The molecule has 2 aromatic carbocycles. The summed E-state index contributed by atoms with van der Waals surface area (Å²) in [6.45, 7) is 1.71. The molecular formula is C25H23ClN2O6S. The number of hydrogen-bond donors (Lipinski definition) is 0. The normalized spacial score (nSPS) is 15.4. The van der Waals surface area contributed by atoms with Crippen LogP contribution in [-0.2, 0) is 9.53 Å². The number of halogens is 1. The van der Waals surface area contributed by atoms with Crippen molar-refractivity contribution in [3.05, 3.63) is 83.5 Å². The second-order valence-electron chi connectivity index (χ2n) is 7.55. The maximum absolute atomic E-state index is 13.7. The summed E-state index contributed by atoms with van der Waals surface area (Å²) in [5.41, 5.74) is 1.63. The van der Waals surface area contributed by atoms with Gasteiger partial charge in [-0.15, -0.1) is 0 Å². The minimum atomic E-state index is -0.833. The molecule has 0 saturated heterocycles. The first-order valence-corrected chi connectivity index (χ1v) is 11.7. The highest BCUT2D eigenvalue weighted by Gasteiger charge is 2.34. The van der Waals surface area contributed by atoms with Crippen molar-refractivity contribution in [2.45, 2.75) is 13.0 Å². The third kappa shape index (κ3) is 4.33. The van der Waals surface area contributed by atoms with Gasteiger partial charge in [0.05, 0.1) is 50.3 Å². The summed E-state index contributed by atoms with van der Waals surface area (Å²) < 4.78 is 23.4. The molecule has 1 atom stereocenters. The summed E-state index contributed by atoms with van der Waals surface area (Å²) >= 11 is 7.52. The lowest BCUT2D eigenvalue weighted by atomic mass is 9.95. The number of benzene rings is 2. The van der Waals surface area contributed by atoms with Crippen molar-refractivity contribution in [3.8, 4) is 17.2 Å². The van der Waals surface area contributed by atoms with E-state index in [1.165, 1.54) is 44.3 Å². The van der Waals surface area contributed by atoms with Crippen LogP contribution in [0.4, 0.5) is 0 Å². The smallest absolute Gasteiger partial charge is 0.338 e. The quantitative estimate of drug-likeness (QED) is 0.470. The molecule has 2 heterocycles. The zero-order valence-corrected chi connectivity index (χ0v) is 21.3. The molecule has 35 heavy (non-hydrogen) atoms. The van der Waals surface area contributed by atoms with Crippen LogP contribution in [0.25, 0.3) is 6.08 Å². The van der Waals surface area contributed by atoms with Gasteiger partial charge in [-0.05, 0) is 42.3 Å². The second-order valence-corrected chi connectivity index (χ2v) is 8.97. The lowest BCUT2D eigenvalue weighted by Gasteiger charge is -2.25. The Morgan fingerprint density at radius 2 is 1.74 bits per heavy atom. The number of aromatic nitrogens is 1. The molecule has 0 radical (unpaired) electrons. The number of thiazole rings is 1. The lowest BCUT2D eigenvalue weighted by Crippen LogP contribution is -2.39. The van der Waals surface area contributed by atoms with Crippen LogP contribution in [0, 0.1) is 0 Å². The third-order valence-electron chi connectivity index (χ3n) is 5.62. The van der Waals surface area contributed by atoms with E-state index in [1.54, 1.807) is 31.2 Å². The zero-order chi connectivity index (χ0) is 25.3. The Balaban J connectivity index is 2.04. The van der Waals surface area contributed by atoms with Crippen LogP contribution in [0.15, 0.2) is 57.5 Å². The lowest BCUT2D eigenvalue weighted by molar-refractivity contribution is -0.136. The fraction of sp³-hybridized carbons (Fsp3) is 0.240. The molecule has 0 saturated carbocycles. The molecule has 3 aromatic rings. The van der Waals surface area contributed by atoms with Gasteiger partial charge >= 0.3 is 5.97 Å². The Morgan fingerprint density at radius 1 is 1.09 bits per heavy atom. The number of hydrogen-bond acceptors (Lipinski definition) is 8. The largest absolute Gasteiger partial charge is 0.493 e. The van der Waals surface area contributed by atoms with E-state index < -0.39 is 12.0 Å². The van der Waals surface area contributed by atoms with E-state index in [9.17, 15) is 9.59 Å². The predicted molar refractivity (Wildman–Crippen MR) is 133 cm³/mol. The van der Waals surface area contributed by atoms with E-state index in [4.69, 9.17) is 30.5 Å². The number of nitrogens with zero attached hydrogens (tertiary/aromatic N) is 2. The Hall–Kier alpha value is -3.56. The van der Waals surface area contributed by atoms with Crippen LogP contribution in [0.2, 0.25) is 5.02 Å². The van der Waals surface area contributed by atoms with Crippen molar-refractivity contribution >= 4 is 35.0 Å². The van der Waals surface area contributed by atoms with Gasteiger partial charge in [0.15, 0.2) is 16.3 Å². The van der Waals surface area contributed by atoms with Gasteiger partial charge in [0, 0.05) is 5.02 Å². The van der Waals surface area contributed by atoms with Crippen LogP contribution < -0.4 is 29.1 Å². The van der Waals surface area contributed by atoms with Gasteiger partial charge in [0.1, 0.15) is 0 Å². The number of rotatable bonds is 6. The summed E-state index contributed by atoms with van der Waals surface area (Å²) in [6.07, 6.45) is 1.72. The highest BCUT2D eigenvalue weighted by atomic mass is 35.5. The maximum Gasteiger partial charge on any atom is 0.338 e. The fourth-order valence-electron chi connectivity index (χ4n) is 4.00. The Morgan fingerprint density at radius 3 is 2.31 bits per heavy atom. The summed E-state index contributed by atoms with van der Waals surface area (Å²) in [4.78, 5) is 31.6. The molecule has 0 aliphatic carbocycles. The van der Waals surface area contributed by atoms with Crippen molar-refractivity contribution in [2.75, 3.05) is 28.4 Å². The Kier molecular flexibility index (Phi) is 7.00. The number of carbonyl (C=O) groups excluding carboxylic acids is 1. The van der Waals surface area contributed by atoms with Crippen LogP contribution >= 0.6 is 22.9 Å². The van der Waals surface area contributed by atoms with Gasteiger partial charge in [0.2, 0.25) is 5.75 Å². The van der Waals surface area contributed by atoms with Crippen molar-refractivity contribution in [2.24, 2.45) is 4.99 Å². The number of allylic oxidation sites excluding steroid dienone is 1. The molecule has 4 rings (SSSR count). The highest BCUT2D eigenvalue weighted by Crippen LogP contribution is 2.42. The maximum atomic E-state index is 13.7. The third-order valence-corrected chi connectivity index (χ3v) is 6.95. The van der Waals surface area contributed by atoms with E-state index in [2.05, 4.69) is 4.99 Å². The molecule has 182 valence electrons. The number of carbonyl (C=O) groups is 1. The summed E-state index contributed by atoms with van der Waals surface area (Å²) in [6, 6.07) is 9.81. The van der Waals surface area contributed by atoms with Crippen LogP contribution in [0.3, 0.4) is 0 Å². The van der Waals surface area contributed by atoms with Crippen molar-refractivity contribution in [1.82, 2.24) is 4.57 Å². The summed E-state index contributed by atoms with van der Waals surface area (Å²) in [7, 11) is 5.79. The van der Waals surface area contributed by atoms with Crippen molar-refractivity contribution in [3.63, 3.8) is 0 Å². The van der Waals surface area contributed by atoms with Gasteiger partial charge in [-0.25, -0.2) is 9.79 Å². The van der Waals surface area contributed by atoms with Crippen LogP contribution in [0.5, 0.6) is 17.2 Å². The topological polar surface area (TPSA) is 88.4 Å². The molecule has 0 amide bonds. The highest BCUT2D eigenvalue weighted by molar-refractivity contribution is 7.07. The summed E-state index contributed by atoms with van der Waals surface area (Å²) in [5, 5.41) is 0.519. The molecule has 0 bridgehead atoms. The molecule has 0 fully saturated rings. The fourth-order valence-corrected chi connectivity index (χ4v) is 5.23. The first-order chi connectivity index (χ1) is 16.8. The van der Waals surface area contributed by atoms with Crippen LogP contribution in [-0.4, -0.2) is 39.0 Å². The Labute approximate surface area is 210 Å². The first kappa shape index (κ1) is 24.6. The van der Waals surface area contributed by atoms with Crippen LogP contribution in [0.1, 0.15) is 24.1 Å².